The molecule has 0 aliphatic rings. The van der Waals surface area contributed by atoms with Gasteiger partial charge in [0.15, 0.2) is 5.96 Å². The number of aromatic nitrogens is 1. The van der Waals surface area contributed by atoms with Crippen LogP contribution in [0, 0.1) is 6.92 Å². The highest BCUT2D eigenvalue weighted by molar-refractivity contribution is 14.0. The molecule has 1 aromatic carbocycles. The van der Waals surface area contributed by atoms with Crippen molar-refractivity contribution in [2.24, 2.45) is 4.99 Å². The molecule has 162 valence electrons. The Bertz CT molecular complexity index is 731. The number of guanidine groups is 1. The quantitative estimate of drug-likeness (QED) is 0.286. The second kappa shape index (κ2) is 13.8. The van der Waals surface area contributed by atoms with Crippen LogP contribution in [0.1, 0.15) is 30.1 Å². The van der Waals surface area contributed by atoms with E-state index in [2.05, 4.69) is 56.5 Å². The van der Waals surface area contributed by atoms with Crippen molar-refractivity contribution in [3.63, 3.8) is 0 Å². The fourth-order valence-electron chi connectivity index (χ4n) is 2.90. The number of nitrogens with zero attached hydrogens (tertiary/aromatic N) is 4. The molecule has 0 atom stereocenters. The lowest BCUT2D eigenvalue weighted by Gasteiger charge is -2.21. The number of thiazole rings is 1. The highest BCUT2D eigenvalue weighted by Gasteiger charge is 2.08. The lowest BCUT2D eigenvalue weighted by Crippen LogP contribution is -2.38. The minimum absolute atomic E-state index is 0. The number of hydrogen-bond donors (Lipinski definition) is 1. The van der Waals surface area contributed by atoms with Crippen molar-refractivity contribution in [3.8, 4) is 5.75 Å². The zero-order chi connectivity index (χ0) is 20.4. The van der Waals surface area contributed by atoms with Gasteiger partial charge in [0, 0.05) is 32.6 Å². The van der Waals surface area contributed by atoms with Gasteiger partial charge in [0.25, 0.3) is 0 Å². The van der Waals surface area contributed by atoms with E-state index in [0.717, 1.165) is 48.6 Å². The number of likely N-dealkylation sites (N-methyl/N-ethyl adjacent to an activating group) is 1. The fourth-order valence-corrected chi connectivity index (χ4v) is 3.50. The van der Waals surface area contributed by atoms with Crippen molar-refractivity contribution in [1.82, 2.24) is 20.1 Å². The van der Waals surface area contributed by atoms with Gasteiger partial charge in [0.05, 0.1) is 17.2 Å². The normalized spacial score (nSPS) is 11.3. The van der Waals surface area contributed by atoms with Crippen molar-refractivity contribution >= 4 is 41.3 Å². The minimum Gasteiger partial charge on any atom is -0.492 e. The summed E-state index contributed by atoms with van der Waals surface area (Å²) < 4.78 is 5.85. The standard InChI is InChI=1S/C21H33N5OS.HI/c1-6-26(7-2)12-13-27-20-10-8-18(9-11-20)14-23-21(22-4)25(5)15-19-16-28-17(3)24-19;/h8-11,16H,6-7,12-15H2,1-5H3,(H,22,23);1H. The molecule has 6 nitrogen and oxygen atoms in total. The molecule has 0 amide bonds. The maximum atomic E-state index is 5.85. The molecule has 0 bridgehead atoms. The second-order valence-corrected chi connectivity index (χ2v) is 7.70. The molecule has 0 saturated carbocycles. The van der Waals surface area contributed by atoms with Crippen LogP contribution in [-0.2, 0) is 13.1 Å². The third-order valence-electron chi connectivity index (χ3n) is 4.58. The molecule has 0 spiro atoms. The van der Waals surface area contributed by atoms with Gasteiger partial charge in [-0.05, 0) is 37.7 Å². The number of rotatable bonds is 10. The van der Waals surface area contributed by atoms with Gasteiger partial charge in [0.2, 0.25) is 0 Å². The van der Waals surface area contributed by atoms with E-state index in [4.69, 9.17) is 4.74 Å². The summed E-state index contributed by atoms with van der Waals surface area (Å²) in [6, 6.07) is 8.25. The topological polar surface area (TPSA) is 53.0 Å². The molecule has 0 fully saturated rings. The Hall–Kier alpha value is -1.39. The van der Waals surface area contributed by atoms with E-state index in [0.29, 0.717) is 13.2 Å². The number of hydrogen-bond acceptors (Lipinski definition) is 5. The van der Waals surface area contributed by atoms with E-state index in [1.54, 1.807) is 18.4 Å². The average molecular weight is 532 g/mol. The molecule has 0 unspecified atom stereocenters. The Kier molecular flexibility index (Phi) is 12.2. The lowest BCUT2D eigenvalue weighted by molar-refractivity contribution is 0.223. The molecule has 8 heteroatoms. The van der Waals surface area contributed by atoms with E-state index in [1.165, 1.54) is 5.56 Å². The first-order valence-corrected chi connectivity index (χ1v) is 10.7. The van der Waals surface area contributed by atoms with Crippen LogP contribution in [0.2, 0.25) is 0 Å². The number of benzene rings is 1. The number of ether oxygens (including phenoxy) is 1. The number of aryl methyl sites for hydroxylation is 1. The highest BCUT2D eigenvalue weighted by Crippen LogP contribution is 2.13. The van der Waals surface area contributed by atoms with Crippen molar-refractivity contribution in [3.05, 3.63) is 45.9 Å². The summed E-state index contributed by atoms with van der Waals surface area (Å²) in [6.07, 6.45) is 0. The molecule has 2 rings (SSSR count). The Labute approximate surface area is 196 Å². The number of halogens is 1. The van der Waals surface area contributed by atoms with Gasteiger partial charge in [-0.3, -0.25) is 4.99 Å². The van der Waals surface area contributed by atoms with Crippen LogP contribution in [0.3, 0.4) is 0 Å². The van der Waals surface area contributed by atoms with Crippen molar-refractivity contribution in [2.45, 2.75) is 33.9 Å². The lowest BCUT2D eigenvalue weighted by atomic mass is 10.2. The molecule has 0 aliphatic heterocycles. The van der Waals surface area contributed by atoms with E-state index in [9.17, 15) is 0 Å². The van der Waals surface area contributed by atoms with Crippen molar-refractivity contribution in [2.75, 3.05) is 40.3 Å². The fraction of sp³-hybridized carbons (Fsp3) is 0.524. The zero-order valence-electron chi connectivity index (χ0n) is 18.1. The molecule has 1 aromatic heterocycles. The van der Waals surface area contributed by atoms with Gasteiger partial charge in [-0.15, -0.1) is 35.3 Å². The first-order chi connectivity index (χ1) is 13.5. The molecule has 1 N–H and O–H groups in total. The van der Waals surface area contributed by atoms with E-state index >= 15 is 0 Å². The molecular formula is C21H34IN5OS. The Morgan fingerprint density at radius 2 is 1.90 bits per heavy atom. The van der Waals surface area contributed by atoms with Crippen LogP contribution in [0.4, 0.5) is 0 Å². The number of aliphatic imine (C=N–C) groups is 1. The molecule has 29 heavy (non-hydrogen) atoms. The van der Waals surface area contributed by atoms with Crippen LogP contribution in [-0.4, -0.2) is 61.1 Å². The maximum Gasteiger partial charge on any atom is 0.194 e. The average Bonchev–Trinajstić information content (AvgIpc) is 3.11. The van der Waals surface area contributed by atoms with E-state index in [1.807, 2.05) is 26.1 Å². The largest absolute Gasteiger partial charge is 0.492 e. The van der Waals surface area contributed by atoms with Gasteiger partial charge in [0.1, 0.15) is 12.4 Å². The van der Waals surface area contributed by atoms with E-state index < -0.39 is 0 Å². The van der Waals surface area contributed by atoms with Crippen LogP contribution in [0.5, 0.6) is 5.75 Å². The summed E-state index contributed by atoms with van der Waals surface area (Å²) in [4.78, 5) is 13.3. The summed E-state index contributed by atoms with van der Waals surface area (Å²) in [7, 11) is 3.83. The minimum atomic E-state index is 0. The smallest absolute Gasteiger partial charge is 0.194 e. The van der Waals surface area contributed by atoms with Crippen molar-refractivity contribution < 1.29 is 4.74 Å². The molecule has 0 radical (unpaired) electrons. The van der Waals surface area contributed by atoms with Crippen molar-refractivity contribution in [1.29, 1.82) is 0 Å². The highest BCUT2D eigenvalue weighted by atomic mass is 127. The van der Waals surface area contributed by atoms with Gasteiger partial charge >= 0.3 is 0 Å². The van der Waals surface area contributed by atoms with Crippen LogP contribution < -0.4 is 10.1 Å². The SMILES string of the molecule is CCN(CC)CCOc1ccc(CNC(=NC)N(C)Cc2csc(C)n2)cc1.I. The summed E-state index contributed by atoms with van der Waals surface area (Å²) in [5.41, 5.74) is 2.26. The summed E-state index contributed by atoms with van der Waals surface area (Å²) in [6.45, 7) is 11.6. The van der Waals surface area contributed by atoms with Gasteiger partial charge < -0.3 is 19.9 Å². The summed E-state index contributed by atoms with van der Waals surface area (Å²) >= 11 is 1.67. The third-order valence-corrected chi connectivity index (χ3v) is 5.41. The Balaban J connectivity index is 0.00000420. The Morgan fingerprint density at radius 1 is 1.21 bits per heavy atom. The molecule has 0 aliphatic carbocycles. The second-order valence-electron chi connectivity index (χ2n) is 6.63. The molecule has 2 aromatic rings. The molecule has 0 saturated heterocycles. The van der Waals surface area contributed by atoms with Crippen LogP contribution in [0.15, 0.2) is 34.6 Å². The van der Waals surface area contributed by atoms with Gasteiger partial charge in [-0.1, -0.05) is 26.0 Å². The summed E-state index contributed by atoms with van der Waals surface area (Å²) in [5, 5.41) is 6.59. The predicted molar refractivity (Wildman–Crippen MR) is 134 cm³/mol. The molecular weight excluding hydrogens is 497 g/mol. The monoisotopic (exact) mass is 531 g/mol. The third kappa shape index (κ3) is 8.88. The Morgan fingerprint density at radius 3 is 2.45 bits per heavy atom. The number of nitrogens with one attached hydrogen (secondary N) is 1. The van der Waals surface area contributed by atoms with Gasteiger partial charge in [-0.25, -0.2) is 4.98 Å². The first-order valence-electron chi connectivity index (χ1n) is 9.82. The van der Waals surface area contributed by atoms with Crippen LogP contribution in [0.25, 0.3) is 0 Å². The predicted octanol–water partition coefficient (Wildman–Crippen LogP) is 4.00. The molecule has 1 heterocycles. The first kappa shape index (κ1) is 25.6. The van der Waals surface area contributed by atoms with Crippen LogP contribution >= 0.6 is 35.3 Å². The van der Waals surface area contributed by atoms with Gasteiger partial charge in [-0.2, -0.15) is 0 Å². The maximum absolute atomic E-state index is 5.85. The zero-order valence-corrected chi connectivity index (χ0v) is 21.3. The summed E-state index contributed by atoms with van der Waals surface area (Å²) in [5.74, 6) is 1.77. The van der Waals surface area contributed by atoms with E-state index in [-0.39, 0.29) is 24.0 Å².